The van der Waals surface area contributed by atoms with Crippen molar-refractivity contribution < 1.29 is 4.79 Å². The Labute approximate surface area is 119 Å². The molecule has 1 fully saturated rings. The van der Waals surface area contributed by atoms with Crippen LogP contribution in [0, 0.1) is 5.92 Å². The minimum absolute atomic E-state index is 0.127. The molecule has 0 radical (unpaired) electrons. The lowest BCUT2D eigenvalue weighted by molar-refractivity contribution is 0.0920. The molecule has 4 heteroatoms. The molecule has 19 heavy (non-hydrogen) atoms. The number of hydrogen-bond donors (Lipinski definition) is 2. The normalized spacial score (nSPS) is 18.0. The lowest BCUT2D eigenvalue weighted by atomic mass is 9.84. The molecule has 0 aromatic heterocycles. The number of nitrogens with one attached hydrogen (secondary N) is 1. The number of amides is 1. The van der Waals surface area contributed by atoms with E-state index in [1.54, 1.807) is 18.2 Å². The highest BCUT2D eigenvalue weighted by atomic mass is 35.5. The number of anilines is 1. The predicted molar refractivity (Wildman–Crippen MR) is 79.4 cm³/mol. The maximum atomic E-state index is 12.2. The third-order valence-electron chi connectivity index (χ3n) is 3.98. The van der Waals surface area contributed by atoms with Gasteiger partial charge in [0.15, 0.2) is 0 Å². The van der Waals surface area contributed by atoms with Gasteiger partial charge in [0.1, 0.15) is 0 Å². The second-order valence-electron chi connectivity index (χ2n) is 5.39. The molecule has 104 valence electrons. The molecule has 1 atom stereocenters. The molecule has 1 aliphatic carbocycles. The molecule has 3 nitrogen and oxygen atoms in total. The number of carbonyl (C=O) groups is 1. The first-order valence-corrected chi connectivity index (χ1v) is 7.31. The molecular weight excluding hydrogens is 260 g/mol. The summed E-state index contributed by atoms with van der Waals surface area (Å²) in [5.41, 5.74) is 6.76. The Kier molecular flexibility index (Phi) is 4.70. The molecule has 1 unspecified atom stereocenters. The van der Waals surface area contributed by atoms with E-state index >= 15 is 0 Å². The van der Waals surface area contributed by atoms with Crippen molar-refractivity contribution >= 4 is 23.2 Å². The van der Waals surface area contributed by atoms with Gasteiger partial charge in [0.25, 0.3) is 5.91 Å². The van der Waals surface area contributed by atoms with Crippen molar-refractivity contribution in [1.82, 2.24) is 5.32 Å². The van der Waals surface area contributed by atoms with Crippen molar-refractivity contribution in [3.8, 4) is 0 Å². The third-order valence-corrected chi connectivity index (χ3v) is 4.21. The number of benzene rings is 1. The quantitative estimate of drug-likeness (QED) is 0.831. The minimum atomic E-state index is -0.127. The van der Waals surface area contributed by atoms with E-state index in [-0.39, 0.29) is 11.9 Å². The summed E-state index contributed by atoms with van der Waals surface area (Å²) in [6.45, 7) is 2.08. The molecule has 0 heterocycles. The van der Waals surface area contributed by atoms with Gasteiger partial charge in [-0.2, -0.15) is 0 Å². The van der Waals surface area contributed by atoms with Gasteiger partial charge in [-0.15, -0.1) is 0 Å². The molecule has 1 saturated carbocycles. The molecule has 2 rings (SSSR count). The fourth-order valence-corrected chi connectivity index (χ4v) is 2.93. The van der Waals surface area contributed by atoms with Gasteiger partial charge in [0, 0.05) is 16.8 Å². The minimum Gasteiger partial charge on any atom is -0.398 e. The van der Waals surface area contributed by atoms with Crippen LogP contribution in [0.15, 0.2) is 18.2 Å². The molecule has 0 spiro atoms. The summed E-state index contributed by atoms with van der Waals surface area (Å²) < 4.78 is 0. The fraction of sp³-hybridized carbons (Fsp3) is 0.533. The van der Waals surface area contributed by atoms with Crippen LogP contribution in [0.4, 0.5) is 5.69 Å². The number of carbonyl (C=O) groups excluding carboxylic acids is 1. The second-order valence-corrected chi connectivity index (χ2v) is 5.83. The van der Waals surface area contributed by atoms with Gasteiger partial charge in [0.2, 0.25) is 0 Å². The van der Waals surface area contributed by atoms with Crippen LogP contribution < -0.4 is 11.1 Å². The molecule has 0 bridgehead atoms. The standard InChI is InChI=1S/C15H21ClN2O/c1-10(11-5-3-2-4-6-11)18-15(19)13-9-12(16)7-8-14(13)17/h7-11H,2-6,17H2,1H3,(H,18,19). The molecule has 1 aromatic carbocycles. The first-order valence-electron chi connectivity index (χ1n) is 6.94. The SMILES string of the molecule is CC(NC(=O)c1cc(Cl)ccc1N)C1CCCCC1. The molecule has 1 aromatic rings. The Hall–Kier alpha value is -1.22. The smallest absolute Gasteiger partial charge is 0.253 e. The zero-order valence-electron chi connectivity index (χ0n) is 11.3. The zero-order chi connectivity index (χ0) is 13.8. The number of rotatable bonds is 3. The highest BCUT2D eigenvalue weighted by Crippen LogP contribution is 2.26. The van der Waals surface area contributed by atoms with Crippen molar-refractivity contribution in [2.75, 3.05) is 5.73 Å². The average Bonchev–Trinajstić information content (AvgIpc) is 2.42. The molecule has 3 N–H and O–H groups in total. The molecule has 1 aliphatic rings. The third kappa shape index (κ3) is 3.63. The van der Waals surface area contributed by atoms with Gasteiger partial charge in [-0.05, 0) is 43.9 Å². The number of hydrogen-bond acceptors (Lipinski definition) is 2. The summed E-state index contributed by atoms with van der Waals surface area (Å²) in [6, 6.07) is 5.17. The summed E-state index contributed by atoms with van der Waals surface area (Å²) in [4.78, 5) is 12.2. The zero-order valence-corrected chi connectivity index (χ0v) is 12.0. The van der Waals surface area contributed by atoms with Crippen LogP contribution in [-0.4, -0.2) is 11.9 Å². The first kappa shape index (κ1) is 14.2. The highest BCUT2D eigenvalue weighted by molar-refractivity contribution is 6.31. The maximum absolute atomic E-state index is 12.2. The maximum Gasteiger partial charge on any atom is 0.253 e. The van der Waals surface area contributed by atoms with Gasteiger partial charge in [-0.3, -0.25) is 4.79 Å². The van der Waals surface area contributed by atoms with Crippen molar-refractivity contribution in [2.24, 2.45) is 5.92 Å². The second kappa shape index (κ2) is 6.29. The largest absolute Gasteiger partial charge is 0.398 e. The van der Waals surface area contributed by atoms with E-state index in [9.17, 15) is 4.79 Å². The van der Waals surface area contributed by atoms with Crippen molar-refractivity contribution in [1.29, 1.82) is 0 Å². The summed E-state index contributed by atoms with van der Waals surface area (Å²) in [7, 11) is 0. The van der Waals surface area contributed by atoms with E-state index < -0.39 is 0 Å². The van der Waals surface area contributed by atoms with Crippen LogP contribution in [-0.2, 0) is 0 Å². The molecule has 0 saturated heterocycles. The van der Waals surface area contributed by atoms with Crippen LogP contribution in [0.3, 0.4) is 0 Å². The Morgan fingerprint density at radius 1 is 1.37 bits per heavy atom. The van der Waals surface area contributed by atoms with Crippen LogP contribution >= 0.6 is 11.6 Å². The monoisotopic (exact) mass is 280 g/mol. The van der Waals surface area contributed by atoms with Crippen LogP contribution in [0.25, 0.3) is 0 Å². The van der Waals surface area contributed by atoms with E-state index in [0.29, 0.717) is 22.2 Å². The van der Waals surface area contributed by atoms with E-state index in [2.05, 4.69) is 12.2 Å². The molecule has 1 amide bonds. The van der Waals surface area contributed by atoms with Crippen molar-refractivity contribution in [3.63, 3.8) is 0 Å². The predicted octanol–water partition coefficient (Wildman–Crippen LogP) is 3.62. The van der Waals surface area contributed by atoms with E-state index in [0.717, 1.165) is 0 Å². The van der Waals surface area contributed by atoms with Gasteiger partial charge in [-0.25, -0.2) is 0 Å². The van der Waals surface area contributed by atoms with Crippen molar-refractivity contribution in [2.45, 2.75) is 45.1 Å². The summed E-state index contributed by atoms with van der Waals surface area (Å²) in [5, 5.41) is 3.59. The molecular formula is C15H21ClN2O. The van der Waals surface area contributed by atoms with Crippen LogP contribution in [0.1, 0.15) is 49.4 Å². The Bertz CT molecular complexity index is 455. The summed E-state index contributed by atoms with van der Waals surface area (Å²) in [5.74, 6) is 0.455. The lowest BCUT2D eigenvalue weighted by Gasteiger charge is -2.28. The summed E-state index contributed by atoms with van der Waals surface area (Å²) >= 11 is 5.91. The van der Waals surface area contributed by atoms with Gasteiger partial charge in [-0.1, -0.05) is 30.9 Å². The highest BCUT2D eigenvalue weighted by Gasteiger charge is 2.22. The van der Waals surface area contributed by atoms with E-state index in [4.69, 9.17) is 17.3 Å². The Balaban J connectivity index is 2.01. The Morgan fingerprint density at radius 2 is 2.05 bits per heavy atom. The Morgan fingerprint density at radius 3 is 2.74 bits per heavy atom. The number of halogens is 1. The summed E-state index contributed by atoms with van der Waals surface area (Å²) in [6.07, 6.45) is 6.26. The van der Waals surface area contributed by atoms with E-state index in [1.807, 2.05) is 0 Å². The fourth-order valence-electron chi connectivity index (χ4n) is 2.76. The average molecular weight is 281 g/mol. The van der Waals surface area contributed by atoms with Crippen molar-refractivity contribution in [3.05, 3.63) is 28.8 Å². The number of nitrogen functional groups attached to an aromatic ring is 1. The number of nitrogens with two attached hydrogens (primary N) is 1. The lowest BCUT2D eigenvalue weighted by Crippen LogP contribution is -2.39. The molecule has 0 aliphatic heterocycles. The van der Waals surface area contributed by atoms with Gasteiger partial charge in [0.05, 0.1) is 5.56 Å². The first-order chi connectivity index (χ1) is 9.08. The van der Waals surface area contributed by atoms with Crippen LogP contribution in [0.5, 0.6) is 0 Å². The topological polar surface area (TPSA) is 55.1 Å². The van der Waals surface area contributed by atoms with Crippen LogP contribution in [0.2, 0.25) is 5.02 Å². The van der Waals surface area contributed by atoms with E-state index in [1.165, 1.54) is 32.1 Å². The van der Waals surface area contributed by atoms with Gasteiger partial charge < -0.3 is 11.1 Å². The van der Waals surface area contributed by atoms with Gasteiger partial charge >= 0.3 is 0 Å².